The average molecular weight is 238 g/mol. The molecular weight excluding hydrogens is 216 g/mol. The third-order valence-electron chi connectivity index (χ3n) is 2.08. The number of methoxy groups -OCH3 is 1. The van der Waals surface area contributed by atoms with Crippen LogP contribution in [0.2, 0.25) is 0 Å². The molecule has 0 bridgehead atoms. The molecule has 0 aliphatic rings. The molecular formula is C9H22N2O3S. The number of hydrogen-bond donors (Lipinski definition) is 1. The lowest BCUT2D eigenvalue weighted by Crippen LogP contribution is -2.34. The lowest BCUT2D eigenvalue weighted by Gasteiger charge is -2.16. The predicted molar refractivity (Wildman–Crippen MR) is 61.5 cm³/mol. The number of ether oxygens (including phenoxy) is 1. The molecule has 0 heterocycles. The molecule has 0 aliphatic carbocycles. The summed E-state index contributed by atoms with van der Waals surface area (Å²) >= 11 is 0. The fourth-order valence-corrected chi connectivity index (χ4v) is 2.23. The van der Waals surface area contributed by atoms with E-state index in [1.54, 1.807) is 14.2 Å². The van der Waals surface area contributed by atoms with Gasteiger partial charge in [-0.05, 0) is 13.0 Å². The molecule has 0 aromatic carbocycles. The van der Waals surface area contributed by atoms with E-state index >= 15 is 0 Å². The van der Waals surface area contributed by atoms with E-state index < -0.39 is 10.0 Å². The Morgan fingerprint density at radius 3 is 2.60 bits per heavy atom. The predicted octanol–water partition coefficient (Wildman–Crippen LogP) is -0.106. The van der Waals surface area contributed by atoms with Crippen LogP contribution in [0.25, 0.3) is 0 Å². The van der Waals surface area contributed by atoms with Gasteiger partial charge in [-0.1, -0.05) is 6.92 Å². The van der Waals surface area contributed by atoms with E-state index in [1.807, 2.05) is 6.92 Å². The van der Waals surface area contributed by atoms with Gasteiger partial charge in [-0.15, -0.1) is 0 Å². The summed E-state index contributed by atoms with van der Waals surface area (Å²) in [5.41, 5.74) is 0. The molecule has 0 rings (SSSR count). The molecule has 0 atom stereocenters. The fourth-order valence-electron chi connectivity index (χ4n) is 1.10. The lowest BCUT2D eigenvalue weighted by molar-refractivity contribution is 0.189. The zero-order chi connectivity index (χ0) is 11.7. The second kappa shape index (κ2) is 8.04. The summed E-state index contributed by atoms with van der Waals surface area (Å²) in [7, 11) is 0.121. The molecule has 0 amide bonds. The zero-order valence-electron chi connectivity index (χ0n) is 9.82. The van der Waals surface area contributed by atoms with E-state index in [9.17, 15) is 8.42 Å². The molecule has 0 aromatic rings. The van der Waals surface area contributed by atoms with Gasteiger partial charge in [-0.25, -0.2) is 12.7 Å². The smallest absolute Gasteiger partial charge is 0.215 e. The Balaban J connectivity index is 3.86. The number of rotatable bonds is 9. The molecule has 15 heavy (non-hydrogen) atoms. The standard InChI is InChI=1S/C9H22N2O3S/c1-4-10-6-9-15(12,13)11(2)7-5-8-14-3/h10H,4-9H2,1-3H3. The quantitative estimate of drug-likeness (QED) is 0.570. The van der Waals surface area contributed by atoms with E-state index in [0.29, 0.717) is 19.7 Å². The molecule has 5 nitrogen and oxygen atoms in total. The van der Waals surface area contributed by atoms with Gasteiger partial charge in [0.15, 0.2) is 0 Å². The summed E-state index contributed by atoms with van der Waals surface area (Å²) in [5.74, 6) is 0.157. The van der Waals surface area contributed by atoms with Crippen molar-refractivity contribution in [1.82, 2.24) is 9.62 Å². The van der Waals surface area contributed by atoms with E-state index in [-0.39, 0.29) is 5.75 Å². The Morgan fingerprint density at radius 1 is 1.40 bits per heavy atom. The van der Waals surface area contributed by atoms with E-state index in [2.05, 4.69) is 5.32 Å². The Hall–Kier alpha value is -0.170. The van der Waals surface area contributed by atoms with Crippen LogP contribution in [0.5, 0.6) is 0 Å². The molecule has 0 saturated carbocycles. The largest absolute Gasteiger partial charge is 0.385 e. The van der Waals surface area contributed by atoms with Crippen molar-refractivity contribution in [3.05, 3.63) is 0 Å². The minimum Gasteiger partial charge on any atom is -0.385 e. The lowest BCUT2D eigenvalue weighted by atomic mass is 10.5. The Labute approximate surface area is 92.8 Å². The van der Waals surface area contributed by atoms with Crippen LogP contribution >= 0.6 is 0 Å². The molecule has 92 valence electrons. The minimum absolute atomic E-state index is 0.157. The number of sulfonamides is 1. The molecule has 0 spiro atoms. The van der Waals surface area contributed by atoms with Gasteiger partial charge in [-0.3, -0.25) is 0 Å². The molecule has 0 radical (unpaired) electrons. The first-order valence-electron chi connectivity index (χ1n) is 5.18. The van der Waals surface area contributed by atoms with Crippen molar-refractivity contribution < 1.29 is 13.2 Å². The van der Waals surface area contributed by atoms with Crippen molar-refractivity contribution in [2.24, 2.45) is 0 Å². The van der Waals surface area contributed by atoms with Crippen LogP contribution in [0.4, 0.5) is 0 Å². The van der Waals surface area contributed by atoms with Crippen LogP contribution in [-0.4, -0.2) is 58.9 Å². The highest BCUT2D eigenvalue weighted by Gasteiger charge is 2.16. The summed E-state index contributed by atoms with van der Waals surface area (Å²) in [6.07, 6.45) is 0.730. The van der Waals surface area contributed by atoms with Crippen molar-refractivity contribution in [1.29, 1.82) is 0 Å². The van der Waals surface area contributed by atoms with Gasteiger partial charge in [0.1, 0.15) is 0 Å². The highest BCUT2D eigenvalue weighted by atomic mass is 32.2. The van der Waals surface area contributed by atoms with Crippen LogP contribution in [0.1, 0.15) is 13.3 Å². The topological polar surface area (TPSA) is 58.6 Å². The molecule has 0 unspecified atom stereocenters. The monoisotopic (exact) mass is 238 g/mol. The zero-order valence-corrected chi connectivity index (χ0v) is 10.6. The van der Waals surface area contributed by atoms with Crippen molar-refractivity contribution in [2.45, 2.75) is 13.3 Å². The fraction of sp³-hybridized carbons (Fsp3) is 1.00. The van der Waals surface area contributed by atoms with Gasteiger partial charge < -0.3 is 10.1 Å². The van der Waals surface area contributed by atoms with Crippen molar-refractivity contribution in [3.8, 4) is 0 Å². The second-order valence-electron chi connectivity index (χ2n) is 3.34. The number of hydrogen-bond acceptors (Lipinski definition) is 4. The normalized spacial score (nSPS) is 12.3. The molecule has 6 heteroatoms. The molecule has 0 aromatic heterocycles. The summed E-state index contributed by atoms with van der Waals surface area (Å²) in [5, 5.41) is 3.00. The van der Waals surface area contributed by atoms with Crippen LogP contribution in [0.15, 0.2) is 0 Å². The SMILES string of the molecule is CCNCCS(=O)(=O)N(C)CCCOC. The number of nitrogens with zero attached hydrogens (tertiary/aromatic N) is 1. The molecule has 1 N–H and O–H groups in total. The Morgan fingerprint density at radius 2 is 2.07 bits per heavy atom. The molecule has 0 saturated heterocycles. The molecule has 0 fully saturated rings. The van der Waals surface area contributed by atoms with Gasteiger partial charge in [0.25, 0.3) is 0 Å². The van der Waals surface area contributed by atoms with E-state index in [1.165, 1.54) is 4.31 Å². The maximum atomic E-state index is 11.6. The summed E-state index contributed by atoms with van der Waals surface area (Å²) in [6, 6.07) is 0. The second-order valence-corrected chi connectivity index (χ2v) is 5.53. The first-order chi connectivity index (χ1) is 7.04. The minimum atomic E-state index is -3.10. The highest BCUT2D eigenvalue weighted by molar-refractivity contribution is 7.89. The third-order valence-corrected chi connectivity index (χ3v) is 3.94. The summed E-state index contributed by atoms with van der Waals surface area (Å²) < 4.78 is 29.6. The van der Waals surface area contributed by atoms with Gasteiger partial charge >= 0.3 is 0 Å². The Kier molecular flexibility index (Phi) is 7.95. The van der Waals surface area contributed by atoms with Gasteiger partial charge in [0, 0.05) is 33.9 Å². The number of nitrogens with one attached hydrogen (secondary N) is 1. The average Bonchev–Trinajstić information content (AvgIpc) is 2.18. The first-order valence-corrected chi connectivity index (χ1v) is 6.79. The maximum absolute atomic E-state index is 11.6. The van der Waals surface area contributed by atoms with Crippen molar-refractivity contribution >= 4 is 10.0 Å². The first kappa shape index (κ1) is 14.8. The van der Waals surface area contributed by atoms with Crippen LogP contribution in [0.3, 0.4) is 0 Å². The Bertz CT molecular complexity index is 242. The van der Waals surface area contributed by atoms with Crippen LogP contribution in [-0.2, 0) is 14.8 Å². The van der Waals surface area contributed by atoms with Gasteiger partial charge in [0.05, 0.1) is 5.75 Å². The van der Waals surface area contributed by atoms with Crippen LogP contribution < -0.4 is 5.32 Å². The highest BCUT2D eigenvalue weighted by Crippen LogP contribution is 1.98. The van der Waals surface area contributed by atoms with Crippen molar-refractivity contribution in [2.75, 3.05) is 46.2 Å². The summed E-state index contributed by atoms with van der Waals surface area (Å²) in [4.78, 5) is 0. The van der Waals surface area contributed by atoms with E-state index in [0.717, 1.165) is 13.0 Å². The maximum Gasteiger partial charge on any atom is 0.215 e. The van der Waals surface area contributed by atoms with Crippen molar-refractivity contribution in [3.63, 3.8) is 0 Å². The van der Waals surface area contributed by atoms with E-state index in [4.69, 9.17) is 4.74 Å². The molecule has 0 aliphatic heterocycles. The third kappa shape index (κ3) is 6.83. The van der Waals surface area contributed by atoms with Gasteiger partial charge in [0.2, 0.25) is 10.0 Å². The van der Waals surface area contributed by atoms with Crippen LogP contribution in [0, 0.1) is 0 Å². The van der Waals surface area contributed by atoms with Gasteiger partial charge in [-0.2, -0.15) is 0 Å². The summed E-state index contributed by atoms with van der Waals surface area (Å²) in [6.45, 7) is 4.36.